The maximum Gasteiger partial charge on any atom is -1.00 e. The molecule has 86 valence electrons. The van der Waals surface area contributed by atoms with Crippen LogP contribution in [0, 0.1) is 20.8 Å². The minimum Gasteiger partial charge on any atom is -1.00 e. The zero-order chi connectivity index (χ0) is 11.3. The van der Waals surface area contributed by atoms with Gasteiger partial charge >= 0.3 is 75.0 Å². The van der Waals surface area contributed by atoms with Crippen LogP contribution in [0.25, 0.3) is 0 Å². The number of rotatable bonds is 0. The van der Waals surface area contributed by atoms with Gasteiger partial charge in [-0.25, -0.2) is 0 Å². The molecule has 16 heavy (non-hydrogen) atoms. The van der Waals surface area contributed by atoms with E-state index in [4.69, 9.17) is 4.74 Å². The van der Waals surface area contributed by atoms with Crippen molar-refractivity contribution in [2.75, 3.05) is 13.2 Å². The van der Waals surface area contributed by atoms with Gasteiger partial charge in [0.05, 0.1) is 0 Å². The van der Waals surface area contributed by atoms with E-state index in [1.165, 1.54) is 33.2 Å². The molecule has 0 bridgehead atoms. The Bertz CT molecular complexity index is 291. The third kappa shape index (κ3) is 5.66. The summed E-state index contributed by atoms with van der Waals surface area (Å²) in [4.78, 5) is 0. The van der Waals surface area contributed by atoms with Gasteiger partial charge in [-0.1, -0.05) is 0 Å². The fourth-order valence-corrected chi connectivity index (χ4v) is 1.92. The molecule has 1 fully saturated rings. The predicted molar refractivity (Wildman–Crippen MR) is 66.1 cm³/mol. The largest absolute Gasteiger partial charge is 1.00 e. The zero-order valence-electron chi connectivity index (χ0n) is 10.5. The monoisotopic (exact) mass is 294 g/mol. The number of benzene rings is 1. The minimum atomic E-state index is 0. The van der Waals surface area contributed by atoms with Crippen LogP contribution in [0.2, 0.25) is 0 Å². The maximum atomic E-state index is 4.94. The van der Waals surface area contributed by atoms with Crippen molar-refractivity contribution in [2.45, 2.75) is 33.6 Å². The molecule has 1 aliphatic rings. The van der Waals surface area contributed by atoms with Gasteiger partial charge in [0.2, 0.25) is 0 Å². The first-order valence-corrected chi connectivity index (χ1v) is 6.29. The summed E-state index contributed by atoms with van der Waals surface area (Å²) in [6.07, 6.45) is 2.56. The van der Waals surface area contributed by atoms with Gasteiger partial charge in [0.25, 0.3) is 0 Å². The van der Waals surface area contributed by atoms with Crippen molar-refractivity contribution in [3.05, 3.63) is 28.8 Å². The molecule has 1 saturated heterocycles. The van der Waals surface area contributed by atoms with Gasteiger partial charge in [-0.2, -0.15) is 0 Å². The number of hydrogen-bond donors (Lipinski definition) is 0. The second-order valence-corrected chi connectivity index (χ2v) is 4.90. The second-order valence-electron chi connectivity index (χ2n) is 4.20. The molecule has 0 unspecified atom stereocenters. The molecule has 2 rings (SSSR count). The molecule has 1 aromatic rings. The summed E-state index contributed by atoms with van der Waals surface area (Å²) in [5, 5.41) is 0. The summed E-state index contributed by atoms with van der Waals surface area (Å²) < 4.78 is 6.39. The fourth-order valence-electron chi connectivity index (χ4n) is 1.72. The van der Waals surface area contributed by atoms with Crippen LogP contribution in [0.15, 0.2) is 12.1 Å². The van der Waals surface area contributed by atoms with E-state index in [1.54, 1.807) is 0 Å². The summed E-state index contributed by atoms with van der Waals surface area (Å²) in [6, 6.07) is 4.46. The zero-order valence-corrected chi connectivity index (χ0v) is 13.5. The van der Waals surface area contributed by atoms with E-state index >= 15 is 0 Å². The summed E-state index contributed by atoms with van der Waals surface area (Å²) in [7, 11) is 0. The Hall–Kier alpha value is 0.426. The summed E-state index contributed by atoms with van der Waals surface area (Å²) in [6.45, 7) is 8.48. The van der Waals surface area contributed by atoms with Gasteiger partial charge in [-0.3, -0.25) is 0 Å². The summed E-state index contributed by atoms with van der Waals surface area (Å²) >= 11 is 1.97. The second kappa shape index (κ2) is 8.51. The first kappa shape index (κ1) is 16.4. The molecule has 0 aliphatic carbocycles. The SMILES string of the molecule is C1CCOC1.Cc1cc(C)[c]([Mg+])c(C)c1.[Br-]. The Morgan fingerprint density at radius 1 is 1.00 bits per heavy atom. The molecular weight excluding hydrogens is 276 g/mol. The summed E-state index contributed by atoms with van der Waals surface area (Å²) in [5.74, 6) is 0. The molecular formula is C13H19BrMgO. The first-order valence-electron chi connectivity index (χ1n) is 5.59. The number of ether oxygens (including phenoxy) is 1. The van der Waals surface area contributed by atoms with Crippen molar-refractivity contribution in [3.8, 4) is 0 Å². The van der Waals surface area contributed by atoms with E-state index in [9.17, 15) is 0 Å². The van der Waals surface area contributed by atoms with Crippen LogP contribution in [0.1, 0.15) is 29.5 Å². The third-order valence-corrected chi connectivity index (χ3v) is 3.78. The Morgan fingerprint density at radius 3 is 1.75 bits per heavy atom. The Kier molecular flexibility index (Phi) is 8.73. The average Bonchev–Trinajstić information content (AvgIpc) is 2.71. The van der Waals surface area contributed by atoms with E-state index in [0.717, 1.165) is 13.2 Å². The van der Waals surface area contributed by atoms with Crippen LogP contribution in [-0.2, 0) is 4.74 Å². The molecule has 0 saturated carbocycles. The normalized spacial score (nSPS) is 13.8. The Labute approximate surface area is 122 Å². The van der Waals surface area contributed by atoms with Crippen molar-refractivity contribution >= 4 is 25.4 Å². The van der Waals surface area contributed by atoms with Crippen molar-refractivity contribution in [1.82, 2.24) is 0 Å². The molecule has 0 aromatic heterocycles. The van der Waals surface area contributed by atoms with Gasteiger partial charge in [-0.15, -0.1) is 0 Å². The molecule has 0 spiro atoms. The van der Waals surface area contributed by atoms with Crippen molar-refractivity contribution in [1.29, 1.82) is 0 Å². The molecule has 1 heterocycles. The summed E-state index contributed by atoms with van der Waals surface area (Å²) in [5.41, 5.74) is 4.19. The van der Waals surface area contributed by atoms with Gasteiger partial charge in [-0.05, 0) is 12.8 Å². The van der Waals surface area contributed by atoms with Crippen molar-refractivity contribution < 1.29 is 21.7 Å². The number of hydrogen-bond acceptors (Lipinski definition) is 1. The molecule has 0 atom stereocenters. The van der Waals surface area contributed by atoms with E-state index in [-0.39, 0.29) is 17.0 Å². The van der Waals surface area contributed by atoms with Gasteiger partial charge in [0.1, 0.15) is 0 Å². The smallest absolute Gasteiger partial charge is 1.00 e. The Balaban J connectivity index is 0.000000318. The standard InChI is InChI=1S/C9H11.C4H8O.BrH.Mg/c1-7-4-8(2)6-9(3)5-7;1-2-4-5-3-1;;/h4-5H,1-3H3;1-4H2;1H;/q;;;+1/p-1. The molecule has 0 amide bonds. The average molecular weight is 296 g/mol. The van der Waals surface area contributed by atoms with Crippen LogP contribution in [0.3, 0.4) is 0 Å². The van der Waals surface area contributed by atoms with Crippen LogP contribution in [0.5, 0.6) is 0 Å². The first-order chi connectivity index (χ1) is 7.11. The maximum absolute atomic E-state index is 4.94. The van der Waals surface area contributed by atoms with Crippen molar-refractivity contribution in [2.24, 2.45) is 0 Å². The van der Waals surface area contributed by atoms with Gasteiger partial charge in [0, 0.05) is 13.2 Å². The molecule has 1 aromatic carbocycles. The predicted octanol–water partition coefficient (Wildman–Crippen LogP) is -0.794. The van der Waals surface area contributed by atoms with Crippen LogP contribution < -0.4 is 20.7 Å². The molecule has 1 nitrogen and oxygen atoms in total. The fraction of sp³-hybridized carbons (Fsp3) is 0.538. The molecule has 0 N–H and O–H groups in total. The molecule has 1 aliphatic heterocycles. The number of halogens is 1. The van der Waals surface area contributed by atoms with Gasteiger partial charge < -0.3 is 21.7 Å². The topological polar surface area (TPSA) is 9.23 Å². The molecule has 3 heteroatoms. The van der Waals surface area contributed by atoms with E-state index in [1.807, 2.05) is 21.7 Å². The van der Waals surface area contributed by atoms with Crippen LogP contribution >= 0.6 is 0 Å². The van der Waals surface area contributed by atoms with E-state index < -0.39 is 0 Å². The van der Waals surface area contributed by atoms with Crippen LogP contribution in [0.4, 0.5) is 0 Å². The van der Waals surface area contributed by atoms with Crippen molar-refractivity contribution in [3.63, 3.8) is 0 Å². The van der Waals surface area contributed by atoms with Crippen LogP contribution in [-0.4, -0.2) is 34.9 Å². The van der Waals surface area contributed by atoms with Gasteiger partial charge in [0.15, 0.2) is 0 Å². The van der Waals surface area contributed by atoms with E-state index in [0.29, 0.717) is 0 Å². The molecule has 0 radical (unpaired) electrons. The number of aryl methyl sites for hydroxylation is 3. The van der Waals surface area contributed by atoms with E-state index in [2.05, 4.69) is 32.9 Å². The quantitative estimate of drug-likeness (QED) is 0.570. The Morgan fingerprint density at radius 2 is 1.44 bits per heavy atom. The minimum absolute atomic E-state index is 0. The third-order valence-electron chi connectivity index (χ3n) is 2.67.